The molecule has 0 spiro atoms. The highest BCUT2D eigenvalue weighted by Crippen LogP contribution is 2.31. The van der Waals surface area contributed by atoms with Gasteiger partial charge in [-0.15, -0.1) is 0 Å². The number of benzene rings is 1. The molecule has 2 aromatic rings. The molecule has 7 nitrogen and oxygen atoms in total. The molecule has 0 bridgehead atoms. The normalized spacial score (nSPS) is 17.7. The molecule has 0 atom stereocenters. The number of nitrogens with zero attached hydrogens (tertiary/aromatic N) is 3. The Morgan fingerprint density at radius 2 is 1.86 bits per heavy atom. The van der Waals surface area contributed by atoms with Gasteiger partial charge in [-0.25, -0.2) is 0 Å². The van der Waals surface area contributed by atoms with Gasteiger partial charge in [-0.2, -0.15) is 5.26 Å². The number of nitriles is 1. The molecule has 0 aliphatic carbocycles. The second-order valence-electron chi connectivity index (χ2n) is 7.52. The molecule has 2 aliphatic heterocycles. The molecule has 0 unspecified atom stereocenters. The number of furan rings is 1. The number of piperidine rings is 1. The summed E-state index contributed by atoms with van der Waals surface area (Å²) in [6, 6.07) is 11.2. The van der Waals surface area contributed by atoms with Gasteiger partial charge in [0, 0.05) is 32.7 Å². The molecule has 2 fully saturated rings. The smallest absolute Gasteiger partial charge is 0.291 e. The Morgan fingerprint density at radius 3 is 2.59 bits per heavy atom. The molecule has 1 amide bonds. The lowest BCUT2D eigenvalue weighted by Gasteiger charge is -2.32. The molecule has 0 radical (unpaired) electrons. The summed E-state index contributed by atoms with van der Waals surface area (Å²) < 4.78 is 10.7. The van der Waals surface area contributed by atoms with Crippen LogP contribution in [0.1, 0.15) is 41.1 Å². The van der Waals surface area contributed by atoms with E-state index >= 15 is 0 Å². The van der Waals surface area contributed by atoms with Gasteiger partial charge >= 0.3 is 0 Å². The molecule has 1 N–H and O–H groups in total. The van der Waals surface area contributed by atoms with Crippen LogP contribution in [0.15, 0.2) is 34.7 Å². The number of hydrogen-bond acceptors (Lipinski definition) is 6. The van der Waals surface area contributed by atoms with E-state index in [4.69, 9.17) is 14.4 Å². The van der Waals surface area contributed by atoms with Crippen molar-refractivity contribution in [3.63, 3.8) is 0 Å². The largest absolute Gasteiger partial charge is 0.440 e. The summed E-state index contributed by atoms with van der Waals surface area (Å²) in [5.74, 6) is -0.0681. The number of morpholine rings is 1. The Bertz CT molecular complexity index is 890. The van der Waals surface area contributed by atoms with Crippen molar-refractivity contribution in [1.82, 2.24) is 4.90 Å². The van der Waals surface area contributed by atoms with Gasteiger partial charge in [-0.3, -0.25) is 9.69 Å². The maximum Gasteiger partial charge on any atom is 0.291 e. The molecule has 1 aromatic heterocycles. The fourth-order valence-electron chi connectivity index (χ4n) is 3.90. The first-order valence-electron chi connectivity index (χ1n) is 10.2. The van der Waals surface area contributed by atoms with Crippen molar-refractivity contribution in [2.24, 2.45) is 0 Å². The molecule has 3 heterocycles. The molecule has 152 valence electrons. The van der Waals surface area contributed by atoms with E-state index in [0.29, 0.717) is 0 Å². The average molecular weight is 394 g/mol. The number of nitrogens with one attached hydrogen (secondary N) is 1. The minimum Gasteiger partial charge on any atom is -0.440 e. The van der Waals surface area contributed by atoms with Crippen LogP contribution in [0, 0.1) is 11.3 Å². The van der Waals surface area contributed by atoms with Gasteiger partial charge in [0.15, 0.2) is 5.76 Å². The second-order valence-corrected chi connectivity index (χ2v) is 7.52. The Labute approximate surface area is 170 Å². The predicted octanol–water partition coefficient (Wildman–Crippen LogP) is 3.23. The number of anilines is 2. The van der Waals surface area contributed by atoms with E-state index in [0.717, 1.165) is 70.2 Å². The zero-order chi connectivity index (χ0) is 20.1. The predicted molar refractivity (Wildman–Crippen MR) is 110 cm³/mol. The number of carbonyl (C=O) groups excluding carboxylic acids is 1. The third kappa shape index (κ3) is 4.78. The van der Waals surface area contributed by atoms with Crippen LogP contribution in [0.4, 0.5) is 11.4 Å². The van der Waals surface area contributed by atoms with Gasteiger partial charge < -0.3 is 19.4 Å². The van der Waals surface area contributed by atoms with Crippen LogP contribution in [-0.4, -0.2) is 50.2 Å². The van der Waals surface area contributed by atoms with Crippen LogP contribution in [0.25, 0.3) is 0 Å². The summed E-state index contributed by atoms with van der Waals surface area (Å²) in [4.78, 5) is 17.4. The maximum absolute atomic E-state index is 12.6. The molecule has 2 saturated heterocycles. The first kappa shape index (κ1) is 19.5. The lowest BCUT2D eigenvalue weighted by molar-refractivity contribution is 0.0342. The van der Waals surface area contributed by atoms with E-state index < -0.39 is 0 Å². The van der Waals surface area contributed by atoms with E-state index in [2.05, 4.69) is 27.2 Å². The molecule has 4 rings (SSSR count). The third-order valence-corrected chi connectivity index (χ3v) is 5.46. The number of amides is 1. The van der Waals surface area contributed by atoms with Crippen molar-refractivity contribution in [3.8, 4) is 6.07 Å². The van der Waals surface area contributed by atoms with Crippen molar-refractivity contribution in [2.45, 2.75) is 25.8 Å². The van der Waals surface area contributed by atoms with Gasteiger partial charge in [0.05, 0.1) is 24.6 Å². The fourth-order valence-corrected chi connectivity index (χ4v) is 3.90. The summed E-state index contributed by atoms with van der Waals surface area (Å²) in [6.45, 7) is 6.30. The Balaban J connectivity index is 1.55. The summed E-state index contributed by atoms with van der Waals surface area (Å²) in [7, 11) is 0. The SMILES string of the molecule is N#Cc1ccc(C(=O)Nc2ccc(CN3CCOCC3)cc2N2CCCCC2)o1. The molecule has 2 aliphatic rings. The number of rotatable bonds is 5. The fraction of sp³-hybridized carbons (Fsp3) is 0.455. The van der Waals surface area contributed by atoms with Crippen molar-refractivity contribution in [3.05, 3.63) is 47.4 Å². The zero-order valence-corrected chi connectivity index (χ0v) is 16.5. The molecule has 0 saturated carbocycles. The molecule has 7 heteroatoms. The average Bonchev–Trinajstić information content (AvgIpc) is 3.26. The minimum absolute atomic E-state index is 0.132. The lowest BCUT2D eigenvalue weighted by atomic mass is 10.1. The van der Waals surface area contributed by atoms with Gasteiger partial charge in [-0.1, -0.05) is 6.07 Å². The van der Waals surface area contributed by atoms with E-state index in [1.54, 1.807) is 0 Å². The summed E-state index contributed by atoms with van der Waals surface area (Å²) in [5.41, 5.74) is 3.06. The second kappa shape index (κ2) is 9.12. The minimum atomic E-state index is -0.342. The Kier molecular flexibility index (Phi) is 6.13. The Morgan fingerprint density at radius 1 is 1.07 bits per heavy atom. The highest BCUT2D eigenvalue weighted by atomic mass is 16.5. The number of hydrogen-bond donors (Lipinski definition) is 1. The van der Waals surface area contributed by atoms with Crippen LogP contribution in [0.5, 0.6) is 0 Å². The summed E-state index contributed by atoms with van der Waals surface area (Å²) in [5, 5.41) is 11.9. The highest BCUT2D eigenvalue weighted by Gasteiger charge is 2.19. The van der Waals surface area contributed by atoms with E-state index in [1.807, 2.05) is 12.1 Å². The van der Waals surface area contributed by atoms with Crippen molar-refractivity contribution >= 4 is 17.3 Å². The van der Waals surface area contributed by atoms with Crippen LogP contribution >= 0.6 is 0 Å². The van der Waals surface area contributed by atoms with Gasteiger partial charge in [0.25, 0.3) is 5.91 Å². The van der Waals surface area contributed by atoms with Crippen molar-refractivity contribution in [2.75, 3.05) is 49.6 Å². The molecular weight excluding hydrogens is 368 g/mol. The topological polar surface area (TPSA) is 81.7 Å². The van der Waals surface area contributed by atoms with E-state index in [9.17, 15) is 4.79 Å². The highest BCUT2D eigenvalue weighted by molar-refractivity contribution is 6.04. The zero-order valence-electron chi connectivity index (χ0n) is 16.5. The van der Waals surface area contributed by atoms with Crippen molar-refractivity contribution < 1.29 is 13.9 Å². The summed E-state index contributed by atoms with van der Waals surface area (Å²) in [6.07, 6.45) is 3.56. The maximum atomic E-state index is 12.6. The third-order valence-electron chi connectivity index (χ3n) is 5.46. The van der Waals surface area contributed by atoms with E-state index in [-0.39, 0.29) is 17.4 Å². The molecule has 1 aromatic carbocycles. The Hall–Kier alpha value is -2.82. The first-order valence-corrected chi connectivity index (χ1v) is 10.2. The first-order chi connectivity index (χ1) is 14.2. The van der Waals surface area contributed by atoms with Gasteiger partial charge in [-0.05, 0) is 49.1 Å². The van der Waals surface area contributed by atoms with Crippen LogP contribution < -0.4 is 10.2 Å². The number of ether oxygens (including phenoxy) is 1. The molecular formula is C22H26N4O3. The van der Waals surface area contributed by atoms with Gasteiger partial charge in [0.2, 0.25) is 5.76 Å². The standard InChI is InChI=1S/C22H26N4O3/c23-15-18-5-7-21(29-18)22(27)24-19-6-4-17(16-25-10-12-28-13-11-25)14-20(19)26-8-2-1-3-9-26/h4-7,14H,1-3,8-13,16H2,(H,24,27). The van der Waals surface area contributed by atoms with Gasteiger partial charge in [0.1, 0.15) is 6.07 Å². The molecule has 29 heavy (non-hydrogen) atoms. The van der Waals surface area contributed by atoms with Crippen molar-refractivity contribution in [1.29, 1.82) is 5.26 Å². The van der Waals surface area contributed by atoms with Crippen LogP contribution in [-0.2, 0) is 11.3 Å². The van der Waals surface area contributed by atoms with Crippen LogP contribution in [0.3, 0.4) is 0 Å². The van der Waals surface area contributed by atoms with Crippen LogP contribution in [0.2, 0.25) is 0 Å². The lowest BCUT2D eigenvalue weighted by Crippen LogP contribution is -2.35. The number of carbonyl (C=O) groups is 1. The monoisotopic (exact) mass is 394 g/mol. The van der Waals surface area contributed by atoms with E-state index in [1.165, 1.54) is 24.1 Å². The quantitative estimate of drug-likeness (QED) is 0.839. The summed E-state index contributed by atoms with van der Waals surface area (Å²) >= 11 is 0.